The van der Waals surface area contributed by atoms with Gasteiger partial charge in [0.15, 0.2) is 0 Å². The third-order valence-electron chi connectivity index (χ3n) is 2.76. The first kappa shape index (κ1) is 15.6. The Morgan fingerprint density at radius 3 is 2.68 bits per heavy atom. The molecule has 19 heavy (non-hydrogen) atoms. The molecule has 0 saturated heterocycles. The zero-order valence-electron chi connectivity index (χ0n) is 12.5. The molecule has 1 aromatic carbocycles. The van der Waals surface area contributed by atoms with Crippen LogP contribution in [0.4, 0.5) is 0 Å². The molecule has 0 bridgehead atoms. The lowest BCUT2D eigenvalue weighted by Gasteiger charge is -2.15. The fourth-order valence-electron chi connectivity index (χ4n) is 1.59. The quantitative estimate of drug-likeness (QED) is 0.728. The van der Waals surface area contributed by atoms with Crippen molar-refractivity contribution in [2.75, 3.05) is 13.7 Å². The third-order valence-corrected chi connectivity index (χ3v) is 2.76. The molecule has 0 radical (unpaired) electrons. The van der Waals surface area contributed by atoms with E-state index in [9.17, 15) is 0 Å². The van der Waals surface area contributed by atoms with E-state index in [1.807, 2.05) is 25.1 Å². The van der Waals surface area contributed by atoms with Crippen LogP contribution in [0.1, 0.15) is 32.8 Å². The zero-order chi connectivity index (χ0) is 14.3. The maximum absolute atomic E-state index is 5.84. The van der Waals surface area contributed by atoms with Gasteiger partial charge in [-0.15, -0.1) is 6.58 Å². The number of ether oxygens (including phenoxy) is 2. The fraction of sp³-hybridized carbons (Fsp3) is 0.500. The highest BCUT2D eigenvalue weighted by atomic mass is 16.5. The molecule has 3 nitrogen and oxygen atoms in total. The van der Waals surface area contributed by atoms with Crippen LogP contribution in [0.15, 0.2) is 30.4 Å². The van der Waals surface area contributed by atoms with E-state index >= 15 is 0 Å². The van der Waals surface area contributed by atoms with Gasteiger partial charge in [-0.25, -0.2) is 0 Å². The number of rotatable bonds is 8. The Kier molecular flexibility index (Phi) is 6.43. The number of nitrogens with one attached hydrogen (secondary N) is 1. The van der Waals surface area contributed by atoms with E-state index in [1.54, 1.807) is 7.11 Å². The molecule has 0 heterocycles. The summed E-state index contributed by atoms with van der Waals surface area (Å²) in [5.74, 6) is 1.70. The fourth-order valence-corrected chi connectivity index (χ4v) is 1.59. The van der Waals surface area contributed by atoms with Gasteiger partial charge in [0.2, 0.25) is 0 Å². The van der Waals surface area contributed by atoms with Crippen LogP contribution in [0.25, 0.3) is 0 Å². The van der Waals surface area contributed by atoms with Crippen LogP contribution >= 0.6 is 0 Å². The molecule has 0 aliphatic rings. The molecule has 1 N–H and O–H groups in total. The number of benzene rings is 1. The van der Waals surface area contributed by atoms with Crippen molar-refractivity contribution in [1.82, 2.24) is 5.32 Å². The van der Waals surface area contributed by atoms with Crippen molar-refractivity contribution in [2.45, 2.75) is 39.8 Å². The summed E-state index contributed by atoms with van der Waals surface area (Å²) in [7, 11) is 1.67. The van der Waals surface area contributed by atoms with Gasteiger partial charge in [-0.3, -0.25) is 0 Å². The highest BCUT2D eigenvalue weighted by Crippen LogP contribution is 2.25. The number of hydrogen-bond donors (Lipinski definition) is 1. The predicted molar refractivity (Wildman–Crippen MR) is 79.9 cm³/mol. The summed E-state index contributed by atoms with van der Waals surface area (Å²) in [6.07, 6.45) is 0.869. The minimum Gasteiger partial charge on any atom is -0.497 e. The third kappa shape index (κ3) is 5.79. The van der Waals surface area contributed by atoms with Gasteiger partial charge in [0, 0.05) is 30.6 Å². The molecular weight excluding hydrogens is 238 g/mol. The van der Waals surface area contributed by atoms with Crippen LogP contribution in [0.2, 0.25) is 0 Å². The van der Waals surface area contributed by atoms with Gasteiger partial charge in [0.25, 0.3) is 0 Å². The van der Waals surface area contributed by atoms with Crippen LogP contribution in [0, 0.1) is 0 Å². The second kappa shape index (κ2) is 7.85. The van der Waals surface area contributed by atoms with Gasteiger partial charge in [0.05, 0.1) is 13.7 Å². The molecular formula is C16H25NO2. The van der Waals surface area contributed by atoms with Crippen LogP contribution in [0.5, 0.6) is 11.5 Å². The van der Waals surface area contributed by atoms with Crippen LogP contribution in [-0.2, 0) is 6.54 Å². The lowest BCUT2D eigenvalue weighted by atomic mass is 10.1. The molecule has 0 aromatic heterocycles. The first-order valence-corrected chi connectivity index (χ1v) is 6.70. The lowest BCUT2D eigenvalue weighted by molar-refractivity contribution is 0.314. The highest BCUT2D eigenvalue weighted by molar-refractivity contribution is 5.40. The van der Waals surface area contributed by atoms with Gasteiger partial charge in [-0.05, 0) is 13.0 Å². The average molecular weight is 263 g/mol. The Balaban J connectivity index is 2.73. The van der Waals surface area contributed by atoms with E-state index < -0.39 is 0 Å². The lowest BCUT2D eigenvalue weighted by Crippen LogP contribution is -2.22. The van der Waals surface area contributed by atoms with E-state index in [0.717, 1.165) is 35.6 Å². The van der Waals surface area contributed by atoms with E-state index in [0.29, 0.717) is 12.6 Å². The summed E-state index contributed by atoms with van der Waals surface area (Å²) in [4.78, 5) is 0. The highest BCUT2D eigenvalue weighted by Gasteiger charge is 2.06. The Morgan fingerprint density at radius 1 is 1.37 bits per heavy atom. The van der Waals surface area contributed by atoms with Crippen LogP contribution < -0.4 is 14.8 Å². The van der Waals surface area contributed by atoms with Crippen molar-refractivity contribution in [3.63, 3.8) is 0 Å². The SMILES string of the molecule is C=C(C)CCOc1cc(OC)ccc1CNC(C)C. The first-order valence-electron chi connectivity index (χ1n) is 6.70. The standard InChI is InChI=1S/C16H25NO2/c1-12(2)8-9-19-16-10-15(18-5)7-6-14(16)11-17-13(3)4/h6-7,10,13,17H,1,8-9,11H2,2-5H3. The first-order chi connectivity index (χ1) is 9.02. The Bertz CT molecular complexity index is 413. The molecule has 1 rings (SSSR count). The van der Waals surface area contributed by atoms with Gasteiger partial charge in [-0.1, -0.05) is 25.5 Å². The Morgan fingerprint density at radius 2 is 2.11 bits per heavy atom. The molecule has 0 amide bonds. The summed E-state index contributed by atoms with van der Waals surface area (Å²) in [5, 5.41) is 3.40. The maximum Gasteiger partial charge on any atom is 0.127 e. The van der Waals surface area contributed by atoms with Gasteiger partial charge in [-0.2, -0.15) is 0 Å². The number of methoxy groups -OCH3 is 1. The molecule has 106 valence electrons. The normalized spacial score (nSPS) is 10.6. The number of hydrogen-bond acceptors (Lipinski definition) is 3. The van der Waals surface area contributed by atoms with Crippen LogP contribution in [-0.4, -0.2) is 19.8 Å². The average Bonchev–Trinajstić information content (AvgIpc) is 2.36. The Labute approximate surface area is 116 Å². The molecule has 0 spiro atoms. The summed E-state index contributed by atoms with van der Waals surface area (Å²) in [5.41, 5.74) is 2.28. The molecule has 0 aliphatic carbocycles. The molecule has 0 unspecified atom stereocenters. The van der Waals surface area contributed by atoms with E-state index in [2.05, 4.69) is 25.7 Å². The molecule has 3 heteroatoms. The van der Waals surface area contributed by atoms with Crippen molar-refractivity contribution in [3.8, 4) is 11.5 Å². The van der Waals surface area contributed by atoms with E-state index in [1.165, 1.54) is 0 Å². The van der Waals surface area contributed by atoms with E-state index in [4.69, 9.17) is 9.47 Å². The monoisotopic (exact) mass is 263 g/mol. The summed E-state index contributed by atoms with van der Waals surface area (Å²) in [6, 6.07) is 6.40. The second-order valence-electron chi connectivity index (χ2n) is 5.06. The van der Waals surface area contributed by atoms with Crippen molar-refractivity contribution in [2.24, 2.45) is 0 Å². The topological polar surface area (TPSA) is 30.5 Å². The predicted octanol–water partition coefficient (Wildman–Crippen LogP) is 3.54. The van der Waals surface area contributed by atoms with Crippen molar-refractivity contribution < 1.29 is 9.47 Å². The zero-order valence-corrected chi connectivity index (χ0v) is 12.5. The molecule has 0 atom stereocenters. The van der Waals surface area contributed by atoms with Gasteiger partial charge in [0.1, 0.15) is 11.5 Å². The second-order valence-corrected chi connectivity index (χ2v) is 5.06. The molecule has 0 aliphatic heterocycles. The summed E-state index contributed by atoms with van der Waals surface area (Å²) >= 11 is 0. The maximum atomic E-state index is 5.84. The van der Waals surface area contributed by atoms with Crippen molar-refractivity contribution in [3.05, 3.63) is 35.9 Å². The molecule has 0 saturated carbocycles. The summed E-state index contributed by atoms with van der Waals surface area (Å²) in [6.45, 7) is 11.6. The smallest absolute Gasteiger partial charge is 0.127 e. The summed E-state index contributed by atoms with van der Waals surface area (Å²) < 4.78 is 11.1. The van der Waals surface area contributed by atoms with Gasteiger partial charge >= 0.3 is 0 Å². The van der Waals surface area contributed by atoms with Crippen molar-refractivity contribution >= 4 is 0 Å². The minimum absolute atomic E-state index is 0.449. The molecule has 1 aromatic rings. The minimum atomic E-state index is 0.449. The van der Waals surface area contributed by atoms with Crippen LogP contribution in [0.3, 0.4) is 0 Å². The van der Waals surface area contributed by atoms with E-state index in [-0.39, 0.29) is 0 Å². The van der Waals surface area contributed by atoms with Crippen molar-refractivity contribution in [1.29, 1.82) is 0 Å². The molecule has 0 fully saturated rings. The van der Waals surface area contributed by atoms with Gasteiger partial charge < -0.3 is 14.8 Å². The Hall–Kier alpha value is -1.48. The largest absolute Gasteiger partial charge is 0.497 e.